The van der Waals surface area contributed by atoms with Crippen molar-refractivity contribution >= 4 is 41.1 Å². The quantitative estimate of drug-likeness (QED) is 0.759. The molecule has 0 aliphatic rings. The first-order valence-corrected chi connectivity index (χ1v) is 8.81. The minimum absolute atomic E-state index is 0.148. The predicted molar refractivity (Wildman–Crippen MR) is 107 cm³/mol. The molecule has 0 aliphatic heterocycles. The number of hydrogen-bond acceptors (Lipinski definition) is 2. The summed E-state index contributed by atoms with van der Waals surface area (Å²) in [7, 11) is 3.30. The Morgan fingerprint density at radius 3 is 2.35 bits per heavy atom. The van der Waals surface area contributed by atoms with E-state index in [0.29, 0.717) is 15.6 Å². The van der Waals surface area contributed by atoms with Crippen molar-refractivity contribution in [3.63, 3.8) is 0 Å². The standard InChI is InChI=1S/C20H20Cl2N2O2/c1-13(17-10-9-16(21)12-18(17)22)24(3)19(25)11-6-14-4-7-15(8-5-14)20(26)23-2/h4-13H,1-3H3,(H,23,26)/b11-6+. The molecule has 0 bridgehead atoms. The predicted octanol–water partition coefficient (Wildman–Crippen LogP) is 4.59. The van der Waals surface area contributed by atoms with Crippen LogP contribution in [0.5, 0.6) is 0 Å². The molecule has 1 N–H and O–H groups in total. The summed E-state index contributed by atoms with van der Waals surface area (Å²) in [5.41, 5.74) is 2.23. The third-order valence-corrected chi connectivity index (χ3v) is 4.72. The monoisotopic (exact) mass is 390 g/mol. The van der Waals surface area contributed by atoms with Crippen molar-refractivity contribution in [1.82, 2.24) is 10.2 Å². The van der Waals surface area contributed by atoms with E-state index in [0.717, 1.165) is 11.1 Å². The number of amides is 2. The second-order valence-corrected chi connectivity index (χ2v) is 6.67. The molecule has 0 saturated carbocycles. The molecule has 0 saturated heterocycles. The summed E-state index contributed by atoms with van der Waals surface area (Å²) < 4.78 is 0. The summed E-state index contributed by atoms with van der Waals surface area (Å²) in [5, 5.41) is 3.65. The summed E-state index contributed by atoms with van der Waals surface area (Å²) in [4.78, 5) is 25.6. The molecule has 0 fully saturated rings. The molecule has 4 nitrogen and oxygen atoms in total. The van der Waals surface area contributed by atoms with Crippen LogP contribution < -0.4 is 5.32 Å². The lowest BCUT2D eigenvalue weighted by Gasteiger charge is -2.25. The van der Waals surface area contributed by atoms with E-state index >= 15 is 0 Å². The zero-order chi connectivity index (χ0) is 19.3. The lowest BCUT2D eigenvalue weighted by atomic mass is 10.1. The number of rotatable bonds is 5. The minimum atomic E-state index is -0.201. The topological polar surface area (TPSA) is 49.4 Å². The second kappa shape index (κ2) is 8.88. The van der Waals surface area contributed by atoms with Crippen LogP contribution in [0.4, 0.5) is 0 Å². The molecule has 6 heteroatoms. The Morgan fingerprint density at radius 1 is 1.12 bits per heavy atom. The summed E-state index contributed by atoms with van der Waals surface area (Å²) in [6, 6.07) is 12.0. The lowest BCUT2D eigenvalue weighted by molar-refractivity contribution is -0.126. The van der Waals surface area contributed by atoms with Crippen LogP contribution in [-0.2, 0) is 4.79 Å². The van der Waals surface area contributed by atoms with Crippen LogP contribution in [0.3, 0.4) is 0 Å². The maximum absolute atomic E-state index is 12.4. The number of hydrogen-bond donors (Lipinski definition) is 1. The lowest BCUT2D eigenvalue weighted by Crippen LogP contribution is -2.28. The number of halogens is 2. The van der Waals surface area contributed by atoms with Crippen LogP contribution in [0.15, 0.2) is 48.5 Å². The smallest absolute Gasteiger partial charge is 0.251 e. The third-order valence-electron chi connectivity index (χ3n) is 4.16. The Kier molecular flexibility index (Phi) is 6.83. The van der Waals surface area contributed by atoms with Crippen molar-refractivity contribution in [2.45, 2.75) is 13.0 Å². The van der Waals surface area contributed by atoms with Gasteiger partial charge in [0.1, 0.15) is 0 Å². The number of carbonyl (C=O) groups excluding carboxylic acids is 2. The molecule has 2 rings (SSSR count). The molecule has 2 aromatic carbocycles. The van der Waals surface area contributed by atoms with Crippen molar-refractivity contribution in [3.05, 3.63) is 75.3 Å². The zero-order valence-electron chi connectivity index (χ0n) is 14.8. The highest BCUT2D eigenvalue weighted by Gasteiger charge is 2.18. The third kappa shape index (κ3) is 4.87. The fourth-order valence-electron chi connectivity index (χ4n) is 2.41. The Hall–Kier alpha value is -2.30. The van der Waals surface area contributed by atoms with E-state index < -0.39 is 0 Å². The van der Waals surface area contributed by atoms with Gasteiger partial charge in [-0.25, -0.2) is 0 Å². The molecule has 2 aromatic rings. The van der Waals surface area contributed by atoms with Gasteiger partial charge in [-0.1, -0.05) is 41.4 Å². The van der Waals surface area contributed by atoms with E-state index in [4.69, 9.17) is 23.2 Å². The van der Waals surface area contributed by atoms with Crippen molar-refractivity contribution in [1.29, 1.82) is 0 Å². The molecule has 0 spiro atoms. The molecule has 0 radical (unpaired) electrons. The molecular formula is C20H20Cl2N2O2. The van der Waals surface area contributed by atoms with Gasteiger partial charge < -0.3 is 10.2 Å². The van der Waals surface area contributed by atoms with E-state index in [-0.39, 0.29) is 17.9 Å². The van der Waals surface area contributed by atoms with Crippen LogP contribution in [0.25, 0.3) is 6.08 Å². The molecule has 0 aliphatic carbocycles. The molecule has 0 heterocycles. The highest BCUT2D eigenvalue weighted by Crippen LogP contribution is 2.29. The van der Waals surface area contributed by atoms with E-state index in [2.05, 4.69) is 5.32 Å². The van der Waals surface area contributed by atoms with E-state index in [9.17, 15) is 9.59 Å². The van der Waals surface area contributed by atoms with Crippen LogP contribution >= 0.6 is 23.2 Å². The molecule has 136 valence electrons. The van der Waals surface area contributed by atoms with Gasteiger partial charge >= 0.3 is 0 Å². The Morgan fingerprint density at radius 2 is 1.77 bits per heavy atom. The Labute approximate surface area is 163 Å². The van der Waals surface area contributed by atoms with Crippen molar-refractivity contribution in [2.24, 2.45) is 0 Å². The fraction of sp³-hybridized carbons (Fsp3) is 0.200. The normalized spacial score (nSPS) is 12.0. The number of nitrogens with zero attached hydrogens (tertiary/aromatic N) is 1. The Bertz CT molecular complexity index is 832. The van der Waals surface area contributed by atoms with Crippen molar-refractivity contribution < 1.29 is 9.59 Å². The molecule has 1 unspecified atom stereocenters. The number of likely N-dealkylation sites (N-methyl/N-ethyl adjacent to an activating group) is 1. The average Bonchev–Trinajstić information content (AvgIpc) is 2.64. The molecule has 1 atom stereocenters. The van der Waals surface area contributed by atoms with Crippen LogP contribution in [0, 0.1) is 0 Å². The Balaban J connectivity index is 2.08. The van der Waals surface area contributed by atoms with Crippen LogP contribution in [0.2, 0.25) is 10.0 Å². The zero-order valence-corrected chi connectivity index (χ0v) is 16.3. The first kappa shape index (κ1) is 20.0. The first-order chi connectivity index (χ1) is 12.3. The van der Waals surface area contributed by atoms with Gasteiger partial charge in [-0.3, -0.25) is 9.59 Å². The van der Waals surface area contributed by atoms with Gasteiger partial charge in [0, 0.05) is 35.8 Å². The van der Waals surface area contributed by atoms with Gasteiger partial charge in [-0.2, -0.15) is 0 Å². The van der Waals surface area contributed by atoms with E-state index in [1.165, 1.54) is 6.08 Å². The second-order valence-electron chi connectivity index (χ2n) is 5.83. The van der Waals surface area contributed by atoms with Crippen LogP contribution in [0.1, 0.15) is 34.5 Å². The highest BCUT2D eigenvalue weighted by atomic mass is 35.5. The average molecular weight is 391 g/mol. The first-order valence-electron chi connectivity index (χ1n) is 8.05. The summed E-state index contributed by atoms with van der Waals surface area (Å²) in [6.45, 7) is 1.90. The molecule has 26 heavy (non-hydrogen) atoms. The number of benzene rings is 2. The SMILES string of the molecule is CNC(=O)c1ccc(/C=C/C(=O)N(C)C(C)c2ccc(Cl)cc2Cl)cc1. The van der Waals surface area contributed by atoms with Gasteiger partial charge in [0.15, 0.2) is 0 Å². The van der Waals surface area contributed by atoms with Crippen molar-refractivity contribution in [3.8, 4) is 0 Å². The van der Waals surface area contributed by atoms with Gasteiger partial charge in [0.2, 0.25) is 5.91 Å². The number of nitrogens with one attached hydrogen (secondary N) is 1. The van der Waals surface area contributed by atoms with Gasteiger partial charge in [-0.15, -0.1) is 0 Å². The van der Waals surface area contributed by atoms with E-state index in [1.807, 2.05) is 13.0 Å². The summed E-state index contributed by atoms with van der Waals surface area (Å²) >= 11 is 12.1. The fourth-order valence-corrected chi connectivity index (χ4v) is 2.98. The number of carbonyl (C=O) groups is 2. The van der Waals surface area contributed by atoms with Gasteiger partial charge in [0.05, 0.1) is 6.04 Å². The maximum atomic E-state index is 12.4. The van der Waals surface area contributed by atoms with Gasteiger partial charge in [0.25, 0.3) is 5.91 Å². The largest absolute Gasteiger partial charge is 0.355 e. The molecular weight excluding hydrogens is 371 g/mol. The molecule has 2 amide bonds. The highest BCUT2D eigenvalue weighted by molar-refractivity contribution is 6.35. The summed E-state index contributed by atoms with van der Waals surface area (Å²) in [6.07, 6.45) is 3.21. The van der Waals surface area contributed by atoms with Crippen molar-refractivity contribution in [2.75, 3.05) is 14.1 Å². The van der Waals surface area contributed by atoms with Gasteiger partial charge in [-0.05, 0) is 48.4 Å². The summed E-state index contributed by atoms with van der Waals surface area (Å²) in [5.74, 6) is -0.302. The molecule has 0 aromatic heterocycles. The minimum Gasteiger partial charge on any atom is -0.355 e. The van der Waals surface area contributed by atoms with Crippen LogP contribution in [-0.4, -0.2) is 30.8 Å². The van der Waals surface area contributed by atoms with E-state index in [1.54, 1.807) is 61.5 Å². The maximum Gasteiger partial charge on any atom is 0.251 e.